The number of aromatic carboxylic acids is 1. The number of nitrogens with zero attached hydrogens (tertiary/aromatic N) is 3. The summed E-state index contributed by atoms with van der Waals surface area (Å²) in [5, 5.41) is 41.8. The number of hydrogen-bond donors (Lipinski definition) is 7. The van der Waals surface area contributed by atoms with Crippen LogP contribution in [0.3, 0.4) is 0 Å². The van der Waals surface area contributed by atoms with Crippen molar-refractivity contribution < 1.29 is 24.5 Å². The molecule has 41 heavy (non-hydrogen) atoms. The van der Waals surface area contributed by atoms with Crippen LogP contribution >= 0.6 is 23.2 Å². The van der Waals surface area contributed by atoms with E-state index < -0.39 is 12.1 Å². The fourth-order valence-electron chi connectivity index (χ4n) is 3.84. The summed E-state index contributed by atoms with van der Waals surface area (Å²) in [6.45, 7) is 2.75. The molecule has 4 aromatic rings. The number of anilines is 4. The Labute approximate surface area is 245 Å². The molecular weight excluding hydrogens is 573 g/mol. The van der Waals surface area contributed by atoms with Crippen molar-refractivity contribution in [3.63, 3.8) is 0 Å². The molecule has 7 N–H and O–H groups in total. The SMILES string of the molecule is Cc1nc(NCCNCC(O)CO)c(NCc2ccc(-c3cc(Cl)ccc3Cl)o2)c(Nc2ccncc2C(=O)O)n1. The first-order chi connectivity index (χ1) is 19.7. The molecule has 3 aromatic heterocycles. The van der Waals surface area contributed by atoms with Gasteiger partial charge in [-0.05, 0) is 43.3 Å². The number of nitrogens with one attached hydrogen (secondary N) is 4. The first-order valence-electron chi connectivity index (χ1n) is 12.6. The van der Waals surface area contributed by atoms with Gasteiger partial charge in [0.1, 0.15) is 28.6 Å². The molecule has 1 unspecified atom stereocenters. The number of carboxylic acid groups (broad SMARTS) is 1. The Bertz CT molecular complexity index is 1500. The van der Waals surface area contributed by atoms with Crippen molar-refractivity contribution in [2.75, 3.05) is 42.2 Å². The first-order valence-corrected chi connectivity index (χ1v) is 13.3. The highest BCUT2D eigenvalue weighted by Crippen LogP contribution is 2.34. The number of halogens is 2. The zero-order valence-electron chi connectivity index (χ0n) is 22.0. The number of furan rings is 1. The molecule has 0 radical (unpaired) electrons. The van der Waals surface area contributed by atoms with Crippen LogP contribution in [0, 0.1) is 6.92 Å². The van der Waals surface area contributed by atoms with Gasteiger partial charge in [0.05, 0.1) is 30.0 Å². The zero-order chi connectivity index (χ0) is 29.4. The van der Waals surface area contributed by atoms with E-state index in [9.17, 15) is 15.0 Å². The number of benzene rings is 1. The van der Waals surface area contributed by atoms with Crippen LogP contribution < -0.4 is 21.3 Å². The Morgan fingerprint density at radius 3 is 2.66 bits per heavy atom. The summed E-state index contributed by atoms with van der Waals surface area (Å²) in [6.07, 6.45) is 1.88. The summed E-state index contributed by atoms with van der Waals surface area (Å²) in [6, 6.07) is 10.3. The van der Waals surface area contributed by atoms with Gasteiger partial charge >= 0.3 is 5.97 Å². The molecule has 0 saturated carbocycles. The van der Waals surface area contributed by atoms with Gasteiger partial charge in [0.2, 0.25) is 0 Å². The highest BCUT2D eigenvalue weighted by molar-refractivity contribution is 6.35. The quantitative estimate of drug-likeness (QED) is 0.103. The first kappa shape index (κ1) is 30.0. The maximum Gasteiger partial charge on any atom is 0.339 e. The third-order valence-corrected chi connectivity index (χ3v) is 6.37. The monoisotopic (exact) mass is 601 g/mol. The van der Waals surface area contributed by atoms with Crippen molar-refractivity contribution in [1.82, 2.24) is 20.3 Å². The lowest BCUT2D eigenvalue weighted by Crippen LogP contribution is -2.32. The Balaban J connectivity index is 1.59. The van der Waals surface area contributed by atoms with Gasteiger partial charge in [-0.25, -0.2) is 14.8 Å². The van der Waals surface area contributed by atoms with E-state index in [1.165, 1.54) is 12.4 Å². The van der Waals surface area contributed by atoms with Gasteiger partial charge in [-0.2, -0.15) is 0 Å². The Kier molecular flexibility index (Phi) is 10.3. The van der Waals surface area contributed by atoms with Crippen LogP contribution in [0.4, 0.5) is 23.0 Å². The molecule has 0 spiro atoms. The summed E-state index contributed by atoms with van der Waals surface area (Å²) in [5.74, 6) is 1.22. The van der Waals surface area contributed by atoms with Crippen LogP contribution in [-0.4, -0.2) is 68.6 Å². The lowest BCUT2D eigenvalue weighted by molar-refractivity contribution is 0.0697. The Morgan fingerprint density at radius 2 is 1.88 bits per heavy atom. The van der Waals surface area contributed by atoms with Gasteiger partial charge in [-0.3, -0.25) is 4.98 Å². The smallest absolute Gasteiger partial charge is 0.339 e. The molecule has 1 atom stereocenters. The van der Waals surface area contributed by atoms with Gasteiger partial charge in [-0.15, -0.1) is 0 Å². The minimum Gasteiger partial charge on any atom is -0.478 e. The molecule has 0 bridgehead atoms. The van der Waals surface area contributed by atoms with Crippen LogP contribution in [0.5, 0.6) is 0 Å². The summed E-state index contributed by atoms with van der Waals surface area (Å²) in [4.78, 5) is 24.7. The van der Waals surface area contributed by atoms with E-state index in [1.54, 1.807) is 43.3 Å². The van der Waals surface area contributed by atoms with Crippen LogP contribution in [-0.2, 0) is 6.54 Å². The average molecular weight is 602 g/mol. The standard InChI is InChI=1S/C27H29Cl2N7O5/c1-15-34-25(32-9-8-31-11-17(38)14-37)24(26(35-15)36-22-6-7-30-13-20(22)27(39)40)33-12-18-3-5-23(41-18)19-10-16(28)2-4-21(19)29/h2-7,10,13,17,31,33,37-38H,8-9,11-12,14H2,1H3,(H,39,40)(H2,30,32,34,35,36). The maximum absolute atomic E-state index is 11.8. The van der Waals surface area contributed by atoms with Crippen molar-refractivity contribution in [3.05, 3.63) is 76.0 Å². The van der Waals surface area contributed by atoms with Crippen molar-refractivity contribution in [3.8, 4) is 11.3 Å². The lowest BCUT2D eigenvalue weighted by Gasteiger charge is -2.18. The molecule has 1 aromatic carbocycles. The highest BCUT2D eigenvalue weighted by Gasteiger charge is 2.18. The molecule has 0 aliphatic heterocycles. The Morgan fingerprint density at radius 1 is 1.07 bits per heavy atom. The van der Waals surface area contributed by atoms with Crippen LogP contribution in [0.25, 0.3) is 11.3 Å². The number of pyridine rings is 1. The maximum atomic E-state index is 11.8. The summed E-state index contributed by atoms with van der Waals surface area (Å²) >= 11 is 12.5. The van der Waals surface area contributed by atoms with Gasteiger partial charge in [0.15, 0.2) is 11.6 Å². The van der Waals surface area contributed by atoms with E-state index in [2.05, 4.69) is 36.2 Å². The van der Waals surface area contributed by atoms with E-state index in [1.807, 2.05) is 0 Å². The summed E-state index contributed by atoms with van der Waals surface area (Å²) in [7, 11) is 0. The van der Waals surface area contributed by atoms with Gasteiger partial charge in [-0.1, -0.05) is 23.2 Å². The largest absolute Gasteiger partial charge is 0.478 e. The number of carboxylic acids is 1. The normalized spacial score (nSPS) is 11.7. The van der Waals surface area contributed by atoms with E-state index in [4.69, 9.17) is 32.7 Å². The average Bonchev–Trinajstić information content (AvgIpc) is 3.42. The third-order valence-electron chi connectivity index (χ3n) is 5.81. The second kappa shape index (κ2) is 14.1. The number of aliphatic hydroxyl groups excluding tert-OH is 2. The molecule has 14 heteroatoms. The second-order valence-corrected chi connectivity index (χ2v) is 9.75. The predicted molar refractivity (Wildman–Crippen MR) is 157 cm³/mol. The van der Waals surface area contributed by atoms with Crippen molar-refractivity contribution >= 4 is 52.2 Å². The minimum atomic E-state index is -1.14. The summed E-state index contributed by atoms with van der Waals surface area (Å²) in [5.41, 5.74) is 1.41. The molecule has 216 valence electrons. The number of aryl methyl sites for hydroxylation is 1. The number of carbonyl (C=O) groups is 1. The Hall–Kier alpha value is -3.94. The van der Waals surface area contributed by atoms with Gasteiger partial charge in [0.25, 0.3) is 0 Å². The molecule has 3 heterocycles. The minimum absolute atomic E-state index is 0.0232. The van der Waals surface area contributed by atoms with Crippen LogP contribution in [0.2, 0.25) is 10.0 Å². The number of rotatable bonds is 14. The highest BCUT2D eigenvalue weighted by atomic mass is 35.5. The molecule has 4 rings (SSSR count). The molecule has 0 amide bonds. The second-order valence-electron chi connectivity index (χ2n) is 8.91. The molecule has 0 aliphatic rings. The fraction of sp³-hybridized carbons (Fsp3) is 0.259. The topological polar surface area (TPSA) is 178 Å². The van der Waals surface area contributed by atoms with Gasteiger partial charge < -0.3 is 41.0 Å². The predicted octanol–water partition coefficient (Wildman–Crippen LogP) is 4.16. The van der Waals surface area contributed by atoms with Crippen molar-refractivity contribution in [2.24, 2.45) is 0 Å². The van der Waals surface area contributed by atoms with Crippen molar-refractivity contribution in [1.29, 1.82) is 0 Å². The lowest BCUT2D eigenvalue weighted by atomic mass is 10.2. The molecular formula is C27H29Cl2N7O5. The number of aromatic nitrogens is 3. The molecule has 0 saturated heterocycles. The summed E-state index contributed by atoms with van der Waals surface area (Å²) < 4.78 is 6.02. The molecule has 0 aliphatic carbocycles. The number of aliphatic hydroxyl groups is 2. The van der Waals surface area contributed by atoms with Crippen LogP contribution in [0.15, 0.2) is 53.2 Å². The van der Waals surface area contributed by atoms with E-state index in [0.29, 0.717) is 69.1 Å². The van der Waals surface area contributed by atoms with Gasteiger partial charge in [0, 0.05) is 42.6 Å². The zero-order valence-corrected chi connectivity index (χ0v) is 23.5. The third kappa shape index (κ3) is 8.06. The van der Waals surface area contributed by atoms with Crippen LogP contribution in [0.1, 0.15) is 21.9 Å². The van der Waals surface area contributed by atoms with Crippen molar-refractivity contribution in [2.45, 2.75) is 19.6 Å². The molecule has 0 fully saturated rings. The molecule has 12 nitrogen and oxygen atoms in total. The van der Waals surface area contributed by atoms with E-state index in [0.717, 1.165) is 0 Å². The number of hydrogen-bond acceptors (Lipinski definition) is 11. The fourth-order valence-corrected chi connectivity index (χ4v) is 4.22. The van der Waals surface area contributed by atoms with E-state index in [-0.39, 0.29) is 25.3 Å². The van der Waals surface area contributed by atoms with E-state index >= 15 is 0 Å².